The lowest BCUT2D eigenvalue weighted by molar-refractivity contribution is 0.407. The van der Waals surface area contributed by atoms with E-state index in [1.807, 2.05) is 25.1 Å². The summed E-state index contributed by atoms with van der Waals surface area (Å²) >= 11 is 0. The van der Waals surface area contributed by atoms with Crippen LogP contribution in [0.3, 0.4) is 0 Å². The summed E-state index contributed by atoms with van der Waals surface area (Å²) in [7, 11) is 1.68. The molecule has 0 fully saturated rings. The van der Waals surface area contributed by atoms with Crippen LogP contribution in [0.5, 0.6) is 5.75 Å². The molecule has 1 aromatic rings. The average Bonchev–Trinajstić information content (AvgIpc) is 2.34. The average molecular weight is 234 g/mol. The molecule has 0 aromatic heterocycles. The van der Waals surface area contributed by atoms with Crippen LogP contribution in [0.4, 0.5) is 5.69 Å². The fourth-order valence-electron chi connectivity index (χ4n) is 2.00. The van der Waals surface area contributed by atoms with Gasteiger partial charge in [-0.3, -0.25) is 0 Å². The van der Waals surface area contributed by atoms with E-state index < -0.39 is 0 Å². The number of likely N-dealkylation sites (N-methyl/N-ethyl adjacent to an activating group) is 1. The standard InChI is InChI=1S/C14H22N2O/c1-5-10-16(6-2)12-8-7-9-13(17-4)14(12)11(3)15/h5,7-9,11H,1,6,10,15H2,2-4H3. The Hall–Kier alpha value is -1.48. The van der Waals surface area contributed by atoms with Gasteiger partial charge < -0.3 is 15.4 Å². The van der Waals surface area contributed by atoms with Gasteiger partial charge in [-0.25, -0.2) is 0 Å². The van der Waals surface area contributed by atoms with E-state index in [0.717, 1.165) is 30.1 Å². The van der Waals surface area contributed by atoms with Crippen LogP contribution in [-0.4, -0.2) is 20.2 Å². The van der Waals surface area contributed by atoms with Crippen LogP contribution in [0.2, 0.25) is 0 Å². The van der Waals surface area contributed by atoms with Crippen molar-refractivity contribution in [2.45, 2.75) is 19.9 Å². The highest BCUT2D eigenvalue weighted by Gasteiger charge is 2.16. The van der Waals surface area contributed by atoms with Gasteiger partial charge in [-0.05, 0) is 26.0 Å². The Bertz CT molecular complexity index is 374. The lowest BCUT2D eigenvalue weighted by Gasteiger charge is -2.27. The second kappa shape index (κ2) is 6.30. The van der Waals surface area contributed by atoms with Crippen LogP contribution in [0.1, 0.15) is 25.5 Å². The third kappa shape index (κ3) is 3.01. The molecular weight excluding hydrogens is 212 g/mol. The molecule has 2 N–H and O–H groups in total. The number of hydrogen-bond donors (Lipinski definition) is 1. The number of methoxy groups -OCH3 is 1. The maximum absolute atomic E-state index is 6.05. The van der Waals surface area contributed by atoms with E-state index in [1.165, 1.54) is 0 Å². The molecule has 3 nitrogen and oxygen atoms in total. The number of nitrogens with zero attached hydrogens (tertiary/aromatic N) is 1. The first-order valence-electron chi connectivity index (χ1n) is 5.94. The largest absolute Gasteiger partial charge is 0.496 e. The third-order valence-corrected chi connectivity index (χ3v) is 2.79. The summed E-state index contributed by atoms with van der Waals surface area (Å²) in [6, 6.07) is 5.96. The molecule has 0 spiro atoms. The van der Waals surface area contributed by atoms with Crippen molar-refractivity contribution in [2.75, 3.05) is 25.1 Å². The van der Waals surface area contributed by atoms with Gasteiger partial charge in [-0.15, -0.1) is 6.58 Å². The fraction of sp³-hybridized carbons (Fsp3) is 0.429. The minimum absolute atomic E-state index is 0.0555. The van der Waals surface area contributed by atoms with Crippen molar-refractivity contribution in [3.63, 3.8) is 0 Å². The van der Waals surface area contributed by atoms with Crippen molar-refractivity contribution in [3.8, 4) is 5.75 Å². The summed E-state index contributed by atoms with van der Waals surface area (Å²) in [5, 5.41) is 0. The highest BCUT2D eigenvalue weighted by atomic mass is 16.5. The SMILES string of the molecule is C=CCN(CC)c1cccc(OC)c1C(C)N. The van der Waals surface area contributed by atoms with Crippen molar-refractivity contribution >= 4 is 5.69 Å². The van der Waals surface area contributed by atoms with Crippen molar-refractivity contribution in [2.24, 2.45) is 5.73 Å². The predicted molar refractivity (Wildman–Crippen MR) is 73.7 cm³/mol. The minimum Gasteiger partial charge on any atom is -0.496 e. The summed E-state index contributed by atoms with van der Waals surface area (Å²) < 4.78 is 5.39. The van der Waals surface area contributed by atoms with Crippen LogP contribution < -0.4 is 15.4 Å². The van der Waals surface area contributed by atoms with Gasteiger partial charge >= 0.3 is 0 Å². The number of hydrogen-bond acceptors (Lipinski definition) is 3. The zero-order chi connectivity index (χ0) is 12.8. The summed E-state index contributed by atoms with van der Waals surface area (Å²) in [4.78, 5) is 2.23. The van der Waals surface area contributed by atoms with E-state index in [4.69, 9.17) is 10.5 Å². The van der Waals surface area contributed by atoms with E-state index >= 15 is 0 Å². The predicted octanol–water partition coefficient (Wildman–Crippen LogP) is 2.73. The highest BCUT2D eigenvalue weighted by molar-refractivity contribution is 5.61. The van der Waals surface area contributed by atoms with Gasteiger partial charge in [-0.1, -0.05) is 12.1 Å². The lowest BCUT2D eigenvalue weighted by Crippen LogP contribution is -2.25. The molecule has 1 unspecified atom stereocenters. The molecule has 0 aliphatic carbocycles. The second-order valence-electron chi connectivity index (χ2n) is 4.01. The molecule has 0 aliphatic heterocycles. The number of nitrogens with two attached hydrogens (primary N) is 1. The van der Waals surface area contributed by atoms with Crippen molar-refractivity contribution in [1.82, 2.24) is 0 Å². The van der Waals surface area contributed by atoms with Gasteiger partial charge in [0.25, 0.3) is 0 Å². The summed E-state index contributed by atoms with van der Waals surface area (Å²) in [6.45, 7) is 9.61. The van der Waals surface area contributed by atoms with E-state index in [0.29, 0.717) is 0 Å². The van der Waals surface area contributed by atoms with E-state index in [2.05, 4.69) is 24.5 Å². The van der Waals surface area contributed by atoms with Crippen LogP contribution >= 0.6 is 0 Å². The number of anilines is 1. The summed E-state index contributed by atoms with van der Waals surface area (Å²) in [6.07, 6.45) is 1.90. The van der Waals surface area contributed by atoms with Crippen LogP contribution in [0.25, 0.3) is 0 Å². The molecule has 17 heavy (non-hydrogen) atoms. The summed E-state index contributed by atoms with van der Waals surface area (Å²) in [5.74, 6) is 0.847. The lowest BCUT2D eigenvalue weighted by atomic mass is 10.0. The first-order chi connectivity index (χ1) is 8.15. The van der Waals surface area contributed by atoms with Crippen molar-refractivity contribution in [1.29, 1.82) is 0 Å². The van der Waals surface area contributed by atoms with E-state index in [9.17, 15) is 0 Å². The molecule has 1 rings (SSSR count). The summed E-state index contributed by atoms with van der Waals surface area (Å²) in [5.41, 5.74) is 8.23. The van der Waals surface area contributed by atoms with Crippen molar-refractivity contribution < 1.29 is 4.74 Å². The zero-order valence-electron chi connectivity index (χ0n) is 10.9. The quantitative estimate of drug-likeness (QED) is 0.769. The Labute approximate surface area is 104 Å². The molecule has 0 amide bonds. The van der Waals surface area contributed by atoms with Crippen LogP contribution in [0.15, 0.2) is 30.9 Å². The van der Waals surface area contributed by atoms with Gasteiger partial charge in [0.2, 0.25) is 0 Å². The molecule has 0 aliphatic rings. The normalized spacial score (nSPS) is 12.0. The molecule has 1 aromatic carbocycles. The maximum atomic E-state index is 6.05. The van der Waals surface area contributed by atoms with Gasteiger partial charge in [0, 0.05) is 30.4 Å². The smallest absolute Gasteiger partial charge is 0.125 e. The van der Waals surface area contributed by atoms with Gasteiger partial charge in [0.1, 0.15) is 5.75 Å². The fourth-order valence-corrected chi connectivity index (χ4v) is 2.00. The zero-order valence-corrected chi connectivity index (χ0v) is 10.9. The number of rotatable bonds is 6. The van der Waals surface area contributed by atoms with Gasteiger partial charge in [0.05, 0.1) is 7.11 Å². The first-order valence-corrected chi connectivity index (χ1v) is 5.94. The molecule has 0 bridgehead atoms. The number of ether oxygens (including phenoxy) is 1. The van der Waals surface area contributed by atoms with Gasteiger partial charge in [-0.2, -0.15) is 0 Å². The molecule has 3 heteroatoms. The third-order valence-electron chi connectivity index (χ3n) is 2.79. The Morgan fingerprint density at radius 2 is 2.24 bits per heavy atom. The maximum Gasteiger partial charge on any atom is 0.125 e. The minimum atomic E-state index is -0.0555. The molecule has 0 saturated heterocycles. The molecule has 0 radical (unpaired) electrons. The molecule has 0 heterocycles. The topological polar surface area (TPSA) is 38.5 Å². The van der Waals surface area contributed by atoms with Crippen molar-refractivity contribution in [3.05, 3.63) is 36.4 Å². The Kier molecular flexibility index (Phi) is 5.04. The molecule has 1 atom stereocenters. The Balaban J connectivity index is 3.25. The monoisotopic (exact) mass is 234 g/mol. The van der Waals surface area contributed by atoms with Gasteiger partial charge in [0.15, 0.2) is 0 Å². The van der Waals surface area contributed by atoms with E-state index in [-0.39, 0.29) is 6.04 Å². The molecule has 94 valence electrons. The molecular formula is C14H22N2O. The van der Waals surface area contributed by atoms with Crippen LogP contribution in [-0.2, 0) is 0 Å². The van der Waals surface area contributed by atoms with E-state index in [1.54, 1.807) is 7.11 Å². The Morgan fingerprint density at radius 3 is 2.71 bits per heavy atom. The highest BCUT2D eigenvalue weighted by Crippen LogP contribution is 2.33. The molecule has 0 saturated carbocycles. The first kappa shape index (κ1) is 13.6. The second-order valence-corrected chi connectivity index (χ2v) is 4.01. The number of benzene rings is 1. The van der Waals surface area contributed by atoms with Crippen LogP contribution in [0, 0.1) is 0 Å². The Morgan fingerprint density at radius 1 is 1.53 bits per heavy atom.